The standard InChI is InChI=1S/C20H19F3N4O2S2/c1-20(9-14(11-29-18(22)23)31-19(24)27-20)16-8-12(4-6-25-16)7-15(28)17-26-10-13(30-17)3-2-5-21/h4,6,8,10,14,18H,5,7,9,11H2,1H3,(H2,24,27)/t14-,20-/m0/s1. The Bertz CT molecular complexity index is 1030. The van der Waals surface area contributed by atoms with Crippen LogP contribution in [0.4, 0.5) is 13.2 Å². The van der Waals surface area contributed by atoms with Crippen molar-refractivity contribution >= 4 is 34.0 Å². The fourth-order valence-corrected chi connectivity index (χ4v) is 5.01. The van der Waals surface area contributed by atoms with Crippen molar-refractivity contribution in [1.82, 2.24) is 9.97 Å². The van der Waals surface area contributed by atoms with Crippen LogP contribution in [-0.4, -0.2) is 46.1 Å². The maximum Gasteiger partial charge on any atom is 0.345 e. The summed E-state index contributed by atoms with van der Waals surface area (Å²) in [5.74, 6) is 4.69. The van der Waals surface area contributed by atoms with E-state index in [0.717, 1.165) is 11.3 Å². The van der Waals surface area contributed by atoms with E-state index in [0.29, 0.717) is 22.6 Å². The highest BCUT2D eigenvalue weighted by Gasteiger charge is 2.36. The number of hydrogen-bond acceptors (Lipinski definition) is 8. The Balaban J connectivity index is 1.75. The van der Waals surface area contributed by atoms with E-state index in [9.17, 15) is 18.0 Å². The molecule has 2 aromatic heterocycles. The van der Waals surface area contributed by atoms with Gasteiger partial charge in [-0.05, 0) is 31.0 Å². The quantitative estimate of drug-likeness (QED) is 0.494. The van der Waals surface area contributed by atoms with Gasteiger partial charge in [-0.1, -0.05) is 23.6 Å². The molecule has 6 nitrogen and oxygen atoms in total. The zero-order valence-corrected chi connectivity index (χ0v) is 18.1. The Hall–Kier alpha value is -2.42. The lowest BCUT2D eigenvalue weighted by molar-refractivity contribution is -0.128. The number of alkyl halides is 3. The molecule has 0 aliphatic carbocycles. The average Bonchev–Trinajstić information content (AvgIpc) is 3.19. The van der Waals surface area contributed by atoms with Gasteiger partial charge in [0, 0.05) is 17.9 Å². The number of carbonyl (C=O) groups is 1. The summed E-state index contributed by atoms with van der Waals surface area (Å²) in [7, 11) is 0. The van der Waals surface area contributed by atoms with Crippen LogP contribution in [0.2, 0.25) is 0 Å². The summed E-state index contributed by atoms with van der Waals surface area (Å²) < 4.78 is 41.4. The minimum Gasteiger partial charge on any atom is -0.379 e. The van der Waals surface area contributed by atoms with Crippen LogP contribution in [0.1, 0.15) is 39.3 Å². The largest absolute Gasteiger partial charge is 0.379 e. The molecule has 0 spiro atoms. The van der Waals surface area contributed by atoms with E-state index in [1.165, 1.54) is 18.0 Å². The van der Waals surface area contributed by atoms with Crippen LogP contribution in [0.5, 0.6) is 0 Å². The lowest BCUT2D eigenvalue weighted by atomic mass is 9.90. The van der Waals surface area contributed by atoms with Gasteiger partial charge in [-0.15, -0.1) is 11.3 Å². The SMILES string of the molecule is C[C@@]1(c2cc(CC(=O)c3ncc(C#CCF)s3)ccn2)C[C@@H](COC(F)F)SC(N)=N1. The fraction of sp³-hybridized carbons (Fsp3) is 0.400. The molecule has 1 aliphatic heterocycles. The first-order valence-electron chi connectivity index (χ1n) is 9.20. The van der Waals surface area contributed by atoms with Gasteiger partial charge in [-0.2, -0.15) is 8.78 Å². The van der Waals surface area contributed by atoms with Gasteiger partial charge >= 0.3 is 6.61 Å². The molecule has 31 heavy (non-hydrogen) atoms. The van der Waals surface area contributed by atoms with Gasteiger partial charge in [-0.3, -0.25) is 9.78 Å². The molecule has 1 aliphatic rings. The van der Waals surface area contributed by atoms with Crippen LogP contribution < -0.4 is 5.73 Å². The summed E-state index contributed by atoms with van der Waals surface area (Å²) in [6.07, 6.45) is 3.50. The highest BCUT2D eigenvalue weighted by molar-refractivity contribution is 8.14. The van der Waals surface area contributed by atoms with Gasteiger partial charge in [-0.25, -0.2) is 14.4 Å². The van der Waals surface area contributed by atoms with Crippen LogP contribution >= 0.6 is 23.1 Å². The number of pyridine rings is 1. The zero-order valence-electron chi connectivity index (χ0n) is 16.5. The van der Waals surface area contributed by atoms with Crippen molar-refractivity contribution in [3.05, 3.63) is 45.7 Å². The second-order valence-corrected chi connectivity index (χ2v) is 9.23. The lowest BCUT2D eigenvalue weighted by Crippen LogP contribution is -2.36. The van der Waals surface area contributed by atoms with Gasteiger partial charge in [0.1, 0.15) is 5.54 Å². The predicted molar refractivity (Wildman–Crippen MR) is 114 cm³/mol. The molecule has 0 saturated heterocycles. The lowest BCUT2D eigenvalue weighted by Gasteiger charge is -2.33. The van der Waals surface area contributed by atoms with Crippen molar-refractivity contribution < 1.29 is 22.7 Å². The van der Waals surface area contributed by atoms with Crippen LogP contribution in [0.25, 0.3) is 0 Å². The minimum atomic E-state index is -2.85. The number of thioether (sulfide) groups is 1. The maximum absolute atomic E-state index is 12.6. The molecular weight excluding hydrogens is 449 g/mol. The molecule has 0 fully saturated rings. The minimum absolute atomic E-state index is 0.0843. The molecular formula is C20H19F3N4O2S2. The van der Waals surface area contributed by atoms with Crippen molar-refractivity contribution in [3.63, 3.8) is 0 Å². The monoisotopic (exact) mass is 468 g/mol. The Morgan fingerprint density at radius 3 is 3.00 bits per heavy atom. The average molecular weight is 469 g/mol. The summed E-state index contributed by atoms with van der Waals surface area (Å²) in [4.78, 5) is 26.0. The topological polar surface area (TPSA) is 90.5 Å². The number of rotatable bonds is 7. The van der Waals surface area contributed by atoms with Gasteiger partial charge in [0.05, 0.1) is 23.4 Å². The van der Waals surface area contributed by atoms with E-state index >= 15 is 0 Å². The summed E-state index contributed by atoms with van der Waals surface area (Å²) in [5, 5.41) is 0.251. The van der Waals surface area contributed by atoms with Crippen LogP contribution in [-0.2, 0) is 16.7 Å². The molecule has 3 rings (SSSR count). The third-order valence-electron chi connectivity index (χ3n) is 4.44. The van der Waals surface area contributed by atoms with Crippen molar-refractivity contribution in [1.29, 1.82) is 0 Å². The predicted octanol–water partition coefficient (Wildman–Crippen LogP) is 3.56. The number of ketones is 1. The number of thiazole rings is 1. The molecule has 0 unspecified atom stereocenters. The molecule has 11 heteroatoms. The molecule has 0 bridgehead atoms. The Morgan fingerprint density at radius 1 is 1.45 bits per heavy atom. The van der Waals surface area contributed by atoms with Crippen LogP contribution in [0.15, 0.2) is 29.5 Å². The fourth-order valence-electron chi connectivity index (χ4n) is 3.13. The Kier molecular flexibility index (Phi) is 7.69. The molecule has 3 heterocycles. The highest BCUT2D eigenvalue weighted by Crippen LogP contribution is 2.38. The number of nitrogens with two attached hydrogens (primary N) is 1. The number of carbonyl (C=O) groups excluding carboxylic acids is 1. The van der Waals surface area contributed by atoms with Gasteiger partial charge in [0.15, 0.2) is 22.6 Å². The van der Waals surface area contributed by atoms with Crippen LogP contribution in [0.3, 0.4) is 0 Å². The second kappa shape index (κ2) is 10.3. The Labute approximate surface area is 185 Å². The van der Waals surface area contributed by atoms with Crippen molar-refractivity contribution in [2.75, 3.05) is 13.3 Å². The smallest absolute Gasteiger partial charge is 0.345 e. The molecule has 0 saturated carbocycles. The van der Waals surface area contributed by atoms with E-state index in [1.54, 1.807) is 18.3 Å². The van der Waals surface area contributed by atoms with E-state index in [2.05, 4.69) is 31.5 Å². The van der Waals surface area contributed by atoms with E-state index in [-0.39, 0.29) is 34.2 Å². The van der Waals surface area contributed by atoms with Gasteiger partial charge in [0.25, 0.3) is 0 Å². The molecule has 2 aromatic rings. The normalized spacial score (nSPS) is 20.8. The molecule has 2 N–H and O–H groups in total. The van der Waals surface area contributed by atoms with Crippen molar-refractivity contribution in [2.24, 2.45) is 10.7 Å². The number of nitrogens with zero attached hydrogens (tertiary/aromatic N) is 3. The van der Waals surface area contributed by atoms with E-state index < -0.39 is 18.8 Å². The van der Waals surface area contributed by atoms with E-state index in [1.807, 2.05) is 6.92 Å². The van der Waals surface area contributed by atoms with Crippen molar-refractivity contribution in [3.8, 4) is 11.8 Å². The van der Waals surface area contributed by atoms with Gasteiger partial charge < -0.3 is 10.5 Å². The Morgan fingerprint density at radius 2 is 2.26 bits per heavy atom. The summed E-state index contributed by atoms with van der Waals surface area (Å²) in [6, 6.07) is 3.47. The first-order chi connectivity index (χ1) is 14.8. The highest BCUT2D eigenvalue weighted by atomic mass is 32.2. The van der Waals surface area contributed by atoms with Gasteiger partial charge in [0.2, 0.25) is 0 Å². The number of amidine groups is 1. The number of ether oxygens (including phenoxy) is 1. The summed E-state index contributed by atoms with van der Waals surface area (Å²) in [5.41, 5.74) is 6.37. The van der Waals surface area contributed by atoms with Crippen LogP contribution in [0, 0.1) is 11.8 Å². The molecule has 0 radical (unpaired) electrons. The number of hydrogen-bond donors (Lipinski definition) is 1. The van der Waals surface area contributed by atoms with E-state index in [4.69, 9.17) is 5.73 Å². The number of aromatic nitrogens is 2. The third kappa shape index (κ3) is 6.29. The first-order valence-corrected chi connectivity index (χ1v) is 10.9. The second-order valence-electron chi connectivity index (χ2n) is 6.88. The zero-order chi connectivity index (χ0) is 22.4. The molecule has 0 amide bonds. The number of halogens is 3. The molecule has 164 valence electrons. The summed E-state index contributed by atoms with van der Waals surface area (Å²) >= 11 is 2.30. The molecule has 0 aromatic carbocycles. The third-order valence-corrected chi connectivity index (χ3v) is 6.36. The number of aliphatic imine (C=N–C) groups is 1. The maximum atomic E-state index is 12.6. The summed E-state index contributed by atoms with van der Waals surface area (Å²) in [6.45, 7) is -1.96. The molecule has 2 atom stereocenters. The first kappa shape index (κ1) is 23.2. The number of Topliss-reactive ketones (excluding diaryl/α,β-unsaturated/α-hetero) is 1. The van der Waals surface area contributed by atoms with Crippen molar-refractivity contribution in [2.45, 2.75) is 37.2 Å².